The molecule has 0 bridgehead atoms. The topological polar surface area (TPSA) is 52.6 Å². The molecule has 0 unspecified atom stereocenters. The Morgan fingerprint density at radius 2 is 1.36 bits per heavy atom. The number of sulfone groups is 1. The summed E-state index contributed by atoms with van der Waals surface area (Å²) in [6.45, 7) is 0.0363. The minimum atomic E-state index is -3.35. The second kappa shape index (κ2) is 6.76. The van der Waals surface area contributed by atoms with E-state index in [0.717, 1.165) is 18.4 Å². The van der Waals surface area contributed by atoms with Gasteiger partial charge in [-0.15, -0.1) is 0 Å². The van der Waals surface area contributed by atoms with Crippen LogP contribution in [0.2, 0.25) is 5.02 Å². The fraction of sp³-hybridized carbons (Fsp3) is 0.100. The molecule has 0 fully saturated rings. The molecule has 4 nitrogen and oxygen atoms in total. The summed E-state index contributed by atoms with van der Waals surface area (Å²) < 4.78 is 62.2. The second-order valence-electron chi connectivity index (χ2n) is 6.30. The monoisotopic (exact) mass is 422 g/mol. The van der Waals surface area contributed by atoms with Gasteiger partial charge >= 0.3 is 0 Å². The quantitative estimate of drug-likeness (QED) is 0.552. The molecule has 1 heterocycles. The Hall–Kier alpha value is -2.64. The molecule has 0 radical (unpaired) electrons. The van der Waals surface area contributed by atoms with Gasteiger partial charge in [0.05, 0.1) is 4.90 Å². The number of hydrogen-bond donors (Lipinski definition) is 0. The molecule has 144 valence electrons. The van der Waals surface area contributed by atoms with E-state index in [0.29, 0.717) is 28.2 Å². The van der Waals surface area contributed by atoms with Gasteiger partial charge in [0.25, 0.3) is 0 Å². The molecule has 0 saturated carbocycles. The molecule has 0 saturated heterocycles. The Kier molecular flexibility index (Phi) is 4.51. The summed E-state index contributed by atoms with van der Waals surface area (Å²) in [6, 6.07) is 11.8. The van der Waals surface area contributed by atoms with E-state index in [1.165, 1.54) is 12.1 Å². The zero-order valence-electron chi connectivity index (χ0n) is 14.5. The predicted molar refractivity (Wildman–Crippen MR) is 101 cm³/mol. The van der Waals surface area contributed by atoms with Crippen LogP contribution in [0, 0.1) is 11.6 Å². The lowest BCUT2D eigenvalue weighted by atomic mass is 9.93. The van der Waals surface area contributed by atoms with Gasteiger partial charge in [-0.1, -0.05) is 23.7 Å². The van der Waals surface area contributed by atoms with Gasteiger partial charge in [-0.2, -0.15) is 0 Å². The lowest BCUT2D eigenvalue weighted by molar-refractivity contribution is 0.174. The van der Waals surface area contributed by atoms with Crippen LogP contribution < -0.4 is 9.47 Å². The number of rotatable bonds is 3. The van der Waals surface area contributed by atoms with E-state index in [-0.39, 0.29) is 17.3 Å². The van der Waals surface area contributed by atoms with Gasteiger partial charge in [0, 0.05) is 6.26 Å². The summed E-state index contributed by atoms with van der Waals surface area (Å²) in [5.74, 6) is -0.830. The molecule has 8 heteroatoms. The van der Waals surface area contributed by atoms with Gasteiger partial charge in [-0.25, -0.2) is 17.2 Å². The summed E-state index contributed by atoms with van der Waals surface area (Å²) in [6.07, 6.45) is 1.12. The highest BCUT2D eigenvalue weighted by Crippen LogP contribution is 2.43. The number of hydrogen-bond acceptors (Lipinski definition) is 4. The van der Waals surface area contributed by atoms with Gasteiger partial charge in [0.1, 0.15) is 16.7 Å². The van der Waals surface area contributed by atoms with Crippen LogP contribution in [-0.4, -0.2) is 21.5 Å². The molecular formula is C20H13ClF2O4S. The first-order valence-corrected chi connectivity index (χ1v) is 10.4. The van der Waals surface area contributed by atoms with Crippen molar-refractivity contribution in [2.45, 2.75) is 4.90 Å². The van der Waals surface area contributed by atoms with Crippen LogP contribution in [0.4, 0.5) is 8.78 Å². The van der Waals surface area contributed by atoms with Crippen molar-refractivity contribution < 1.29 is 26.7 Å². The second-order valence-corrected chi connectivity index (χ2v) is 8.70. The van der Waals surface area contributed by atoms with Crippen LogP contribution in [-0.2, 0) is 9.84 Å². The largest absolute Gasteiger partial charge is 0.454 e. The van der Waals surface area contributed by atoms with E-state index in [4.69, 9.17) is 21.1 Å². The van der Waals surface area contributed by atoms with Crippen molar-refractivity contribution in [1.82, 2.24) is 0 Å². The summed E-state index contributed by atoms with van der Waals surface area (Å²) in [5, 5.41) is -0.580. The highest BCUT2D eigenvalue weighted by atomic mass is 35.5. The molecule has 28 heavy (non-hydrogen) atoms. The van der Waals surface area contributed by atoms with E-state index in [2.05, 4.69) is 0 Å². The van der Waals surface area contributed by atoms with Gasteiger partial charge in [0.2, 0.25) is 6.79 Å². The van der Waals surface area contributed by atoms with Crippen molar-refractivity contribution in [2.75, 3.05) is 13.0 Å². The van der Waals surface area contributed by atoms with Crippen LogP contribution in [0.25, 0.3) is 22.3 Å². The Labute approximate surface area is 165 Å². The van der Waals surface area contributed by atoms with E-state index >= 15 is 0 Å². The van der Waals surface area contributed by atoms with Crippen molar-refractivity contribution in [1.29, 1.82) is 0 Å². The maximum absolute atomic E-state index is 14.0. The van der Waals surface area contributed by atoms with Crippen LogP contribution in [0.15, 0.2) is 53.4 Å². The minimum absolute atomic E-state index is 0.0363. The highest BCUT2D eigenvalue weighted by Gasteiger charge is 2.21. The fourth-order valence-electron chi connectivity index (χ4n) is 3.01. The average Bonchev–Trinajstić information content (AvgIpc) is 3.11. The lowest BCUT2D eigenvalue weighted by Gasteiger charge is -2.13. The predicted octanol–water partition coefficient (Wildman–Crippen LogP) is 5.08. The van der Waals surface area contributed by atoms with Gasteiger partial charge in [-0.3, -0.25) is 0 Å². The summed E-state index contributed by atoms with van der Waals surface area (Å²) in [4.78, 5) is 0.169. The molecule has 0 aliphatic carbocycles. The zero-order chi connectivity index (χ0) is 20.1. The third-order valence-electron chi connectivity index (χ3n) is 4.40. The van der Waals surface area contributed by atoms with Crippen molar-refractivity contribution in [3.05, 3.63) is 65.2 Å². The molecule has 0 spiro atoms. The molecule has 3 aromatic rings. The lowest BCUT2D eigenvalue weighted by Crippen LogP contribution is -1.96. The molecular weight excluding hydrogens is 410 g/mol. The fourth-order valence-corrected chi connectivity index (χ4v) is 3.75. The first-order valence-electron chi connectivity index (χ1n) is 8.13. The first-order chi connectivity index (χ1) is 13.2. The molecule has 0 N–H and O–H groups in total. The summed E-state index contributed by atoms with van der Waals surface area (Å²) in [5.41, 5.74) is 2.01. The van der Waals surface area contributed by atoms with Crippen LogP contribution in [0.3, 0.4) is 0 Å². The summed E-state index contributed by atoms with van der Waals surface area (Å²) >= 11 is 5.60. The molecule has 0 amide bonds. The van der Waals surface area contributed by atoms with E-state index in [9.17, 15) is 17.2 Å². The Morgan fingerprint density at radius 3 is 1.86 bits per heavy atom. The first kappa shape index (κ1) is 18.7. The summed E-state index contributed by atoms with van der Waals surface area (Å²) in [7, 11) is -3.35. The molecule has 0 atom stereocenters. The number of benzene rings is 3. The van der Waals surface area contributed by atoms with Crippen molar-refractivity contribution in [2.24, 2.45) is 0 Å². The van der Waals surface area contributed by atoms with Crippen molar-refractivity contribution in [3.8, 4) is 33.8 Å². The maximum Gasteiger partial charge on any atom is 0.231 e. The van der Waals surface area contributed by atoms with Crippen LogP contribution in [0.5, 0.6) is 11.5 Å². The zero-order valence-corrected chi connectivity index (χ0v) is 16.1. The van der Waals surface area contributed by atoms with Gasteiger partial charge in [0.15, 0.2) is 21.3 Å². The highest BCUT2D eigenvalue weighted by molar-refractivity contribution is 7.90. The SMILES string of the molecule is CS(=O)(=O)c1ccc(-c2cc3c(cc2-c2cc(F)c(Cl)c(F)c2)OCO3)cc1. The standard InChI is InChI=1S/C20H13ClF2O4S/c1-28(24,25)13-4-2-11(3-5-13)14-8-18-19(27-10-26-18)9-15(14)12-6-16(22)20(21)17(23)7-12/h2-9H,10H2,1H3. The molecule has 3 aromatic carbocycles. The number of fused-ring (bicyclic) bond motifs is 1. The van der Waals surface area contributed by atoms with E-state index < -0.39 is 26.5 Å². The molecule has 1 aliphatic rings. The maximum atomic E-state index is 14.0. The molecule has 1 aliphatic heterocycles. The Bertz CT molecular complexity index is 1170. The van der Waals surface area contributed by atoms with Crippen LogP contribution in [0.1, 0.15) is 0 Å². The van der Waals surface area contributed by atoms with Gasteiger partial charge < -0.3 is 9.47 Å². The number of ether oxygens (including phenoxy) is 2. The van der Waals surface area contributed by atoms with Crippen LogP contribution >= 0.6 is 11.6 Å². The smallest absolute Gasteiger partial charge is 0.231 e. The van der Waals surface area contributed by atoms with Crippen molar-refractivity contribution in [3.63, 3.8) is 0 Å². The third kappa shape index (κ3) is 3.31. The van der Waals surface area contributed by atoms with E-state index in [1.807, 2.05) is 0 Å². The Balaban J connectivity index is 1.92. The molecule has 0 aromatic heterocycles. The van der Waals surface area contributed by atoms with Gasteiger partial charge in [-0.05, 0) is 58.7 Å². The third-order valence-corrected chi connectivity index (χ3v) is 5.89. The Morgan fingerprint density at radius 1 is 0.857 bits per heavy atom. The van der Waals surface area contributed by atoms with Crippen molar-refractivity contribution >= 4 is 21.4 Å². The average molecular weight is 423 g/mol. The molecule has 4 rings (SSSR count). The normalized spacial score (nSPS) is 13.0. The number of halogens is 3. The van der Waals surface area contributed by atoms with E-state index in [1.54, 1.807) is 24.3 Å². The minimum Gasteiger partial charge on any atom is -0.454 e.